The summed E-state index contributed by atoms with van der Waals surface area (Å²) in [5, 5.41) is 11.6. The molecule has 1 aliphatic rings. The number of benzene rings is 1. The van der Waals surface area contributed by atoms with Gasteiger partial charge in [0.2, 0.25) is 5.95 Å². The number of rotatable bonds is 8. The number of anilines is 5. The van der Waals surface area contributed by atoms with Crippen LogP contribution in [0.1, 0.15) is 15.9 Å². The second-order valence-electron chi connectivity index (χ2n) is 7.30. The summed E-state index contributed by atoms with van der Waals surface area (Å²) >= 11 is 1.31. The molecule has 5 N–H and O–H groups in total. The lowest BCUT2D eigenvalue weighted by atomic mass is 10.2. The summed E-state index contributed by atoms with van der Waals surface area (Å²) in [6.07, 6.45) is 1.58. The first-order valence-corrected chi connectivity index (χ1v) is 11.1. The molecule has 1 aromatic carbocycles. The van der Waals surface area contributed by atoms with E-state index in [4.69, 9.17) is 10.5 Å². The highest BCUT2D eigenvalue weighted by Gasteiger charge is 2.17. The molecule has 4 rings (SSSR count). The summed E-state index contributed by atoms with van der Waals surface area (Å²) in [5.74, 6) is 0.0664. The summed E-state index contributed by atoms with van der Waals surface area (Å²) < 4.78 is 31.0. The Balaban J connectivity index is 1.59. The molecule has 3 heterocycles. The van der Waals surface area contributed by atoms with Gasteiger partial charge < -0.3 is 31.3 Å². The van der Waals surface area contributed by atoms with Gasteiger partial charge in [0.05, 0.1) is 11.3 Å². The van der Waals surface area contributed by atoms with E-state index in [0.29, 0.717) is 22.1 Å². The Labute approximate surface area is 193 Å². The molecule has 1 amide bonds. The van der Waals surface area contributed by atoms with E-state index in [0.717, 1.165) is 37.4 Å². The molecule has 3 aromatic rings. The SMILES string of the molecule is Cc1cnc(Nc2ccc(N3CCNCC3)cc2OC(F)F)nc1Nc1sccc1C(N)=O. The summed E-state index contributed by atoms with van der Waals surface area (Å²) in [6.45, 7) is 2.00. The number of ether oxygens (including phenoxy) is 1. The Bertz CT molecular complexity index is 1140. The Kier molecular flexibility index (Phi) is 6.84. The fourth-order valence-electron chi connectivity index (χ4n) is 3.38. The van der Waals surface area contributed by atoms with Gasteiger partial charge in [-0.15, -0.1) is 11.3 Å². The number of aromatic nitrogens is 2. The number of primary amides is 1. The highest BCUT2D eigenvalue weighted by Crippen LogP contribution is 2.34. The van der Waals surface area contributed by atoms with Gasteiger partial charge in [0.15, 0.2) is 5.75 Å². The molecule has 1 saturated heterocycles. The highest BCUT2D eigenvalue weighted by molar-refractivity contribution is 7.14. The molecule has 0 saturated carbocycles. The van der Waals surface area contributed by atoms with Crippen molar-refractivity contribution in [1.29, 1.82) is 0 Å². The zero-order valence-corrected chi connectivity index (χ0v) is 18.6. The molecule has 9 nitrogen and oxygen atoms in total. The predicted molar refractivity (Wildman–Crippen MR) is 124 cm³/mol. The Morgan fingerprint density at radius 2 is 2.06 bits per heavy atom. The number of nitrogens with zero attached hydrogens (tertiary/aromatic N) is 3. The molecule has 174 valence electrons. The number of nitrogens with two attached hydrogens (primary N) is 1. The van der Waals surface area contributed by atoms with Crippen LogP contribution in [0.15, 0.2) is 35.8 Å². The van der Waals surface area contributed by atoms with Gasteiger partial charge in [-0.1, -0.05) is 0 Å². The van der Waals surface area contributed by atoms with E-state index in [2.05, 4.69) is 30.8 Å². The molecule has 0 atom stereocenters. The number of piperazine rings is 1. The monoisotopic (exact) mass is 475 g/mol. The van der Waals surface area contributed by atoms with Crippen molar-refractivity contribution in [1.82, 2.24) is 15.3 Å². The molecule has 12 heteroatoms. The quantitative estimate of drug-likeness (QED) is 0.391. The number of carbonyl (C=O) groups excluding carboxylic acids is 1. The molecule has 0 aliphatic carbocycles. The van der Waals surface area contributed by atoms with Gasteiger partial charge in [0.25, 0.3) is 5.91 Å². The van der Waals surface area contributed by atoms with Gasteiger partial charge in [-0.25, -0.2) is 4.98 Å². The standard InChI is InChI=1S/C21H23F2N7O2S/c1-12-11-26-21(29-18(12)28-19-14(17(24)31)4-9-33-19)27-15-3-2-13(10-16(15)32-20(22)23)30-7-5-25-6-8-30/h2-4,9-11,20,25H,5-8H2,1H3,(H2,24,31)(H2,26,27,28,29). The summed E-state index contributed by atoms with van der Waals surface area (Å²) in [6, 6.07) is 6.71. The number of amides is 1. The molecule has 1 aliphatic heterocycles. The first kappa shape index (κ1) is 22.7. The topological polar surface area (TPSA) is 117 Å². The normalized spacial score (nSPS) is 13.8. The van der Waals surface area contributed by atoms with Gasteiger partial charge in [0.1, 0.15) is 10.8 Å². The summed E-state index contributed by atoms with van der Waals surface area (Å²) in [7, 11) is 0. The maximum Gasteiger partial charge on any atom is 0.387 e. The van der Waals surface area contributed by atoms with Crippen LogP contribution in [0, 0.1) is 6.92 Å². The molecular formula is C21H23F2N7O2S. The summed E-state index contributed by atoms with van der Waals surface area (Å²) in [5.41, 5.74) is 7.58. The number of alkyl halides is 2. The number of aryl methyl sites for hydroxylation is 1. The number of thiophene rings is 1. The third-order valence-electron chi connectivity index (χ3n) is 5.04. The van der Waals surface area contributed by atoms with Crippen LogP contribution in [0.5, 0.6) is 5.75 Å². The Morgan fingerprint density at radius 1 is 1.27 bits per heavy atom. The van der Waals surface area contributed by atoms with Crippen LogP contribution in [0.4, 0.5) is 36.9 Å². The molecule has 2 aromatic heterocycles. The molecule has 0 unspecified atom stereocenters. The number of nitrogens with one attached hydrogen (secondary N) is 3. The maximum absolute atomic E-state index is 13.1. The zero-order chi connectivity index (χ0) is 23.4. The van der Waals surface area contributed by atoms with Crippen LogP contribution in [0.2, 0.25) is 0 Å². The molecular weight excluding hydrogens is 452 g/mol. The second-order valence-corrected chi connectivity index (χ2v) is 8.22. The van der Waals surface area contributed by atoms with Crippen molar-refractivity contribution in [2.45, 2.75) is 13.5 Å². The lowest BCUT2D eigenvalue weighted by Crippen LogP contribution is -2.43. The smallest absolute Gasteiger partial charge is 0.387 e. The fourth-order valence-corrected chi connectivity index (χ4v) is 4.18. The van der Waals surface area contributed by atoms with Crippen molar-refractivity contribution in [2.24, 2.45) is 5.73 Å². The van der Waals surface area contributed by atoms with Crippen molar-refractivity contribution in [3.63, 3.8) is 0 Å². The first-order valence-electron chi connectivity index (χ1n) is 10.2. The van der Waals surface area contributed by atoms with E-state index in [1.165, 1.54) is 11.3 Å². The number of halogens is 2. The molecule has 0 bridgehead atoms. The molecule has 1 fully saturated rings. The fraction of sp³-hybridized carbons (Fsp3) is 0.286. The van der Waals surface area contributed by atoms with E-state index in [-0.39, 0.29) is 11.7 Å². The lowest BCUT2D eigenvalue weighted by molar-refractivity contribution is -0.0493. The van der Waals surface area contributed by atoms with Gasteiger partial charge in [-0.2, -0.15) is 13.8 Å². The van der Waals surface area contributed by atoms with Gasteiger partial charge in [0, 0.05) is 49.7 Å². The van der Waals surface area contributed by atoms with E-state index in [9.17, 15) is 13.6 Å². The Hall–Kier alpha value is -3.51. The van der Waals surface area contributed by atoms with E-state index in [1.54, 1.807) is 36.7 Å². The Morgan fingerprint density at radius 3 is 2.79 bits per heavy atom. The number of carbonyl (C=O) groups is 1. The minimum absolute atomic E-state index is 0.00557. The summed E-state index contributed by atoms with van der Waals surface area (Å²) in [4.78, 5) is 22.4. The number of hydrogen-bond donors (Lipinski definition) is 4. The number of hydrogen-bond acceptors (Lipinski definition) is 9. The minimum atomic E-state index is -2.98. The molecule has 0 radical (unpaired) electrons. The van der Waals surface area contributed by atoms with Crippen molar-refractivity contribution in [3.05, 3.63) is 47.0 Å². The van der Waals surface area contributed by atoms with Gasteiger partial charge in [-0.05, 0) is 30.5 Å². The average Bonchev–Trinajstić information content (AvgIpc) is 3.26. The first-order chi connectivity index (χ1) is 15.9. The van der Waals surface area contributed by atoms with Crippen LogP contribution in [-0.4, -0.2) is 48.7 Å². The van der Waals surface area contributed by atoms with E-state index >= 15 is 0 Å². The third-order valence-corrected chi connectivity index (χ3v) is 5.87. The van der Waals surface area contributed by atoms with Crippen LogP contribution in [-0.2, 0) is 0 Å². The van der Waals surface area contributed by atoms with Crippen LogP contribution < -0.4 is 31.3 Å². The van der Waals surface area contributed by atoms with Crippen molar-refractivity contribution >= 4 is 45.4 Å². The minimum Gasteiger partial charge on any atom is -0.433 e. The highest BCUT2D eigenvalue weighted by atomic mass is 32.1. The zero-order valence-electron chi connectivity index (χ0n) is 17.8. The van der Waals surface area contributed by atoms with Crippen molar-refractivity contribution < 1.29 is 18.3 Å². The van der Waals surface area contributed by atoms with E-state index in [1.807, 2.05) is 6.07 Å². The maximum atomic E-state index is 13.1. The average molecular weight is 476 g/mol. The van der Waals surface area contributed by atoms with Crippen LogP contribution >= 0.6 is 11.3 Å². The van der Waals surface area contributed by atoms with Gasteiger partial charge >= 0.3 is 6.61 Å². The lowest BCUT2D eigenvalue weighted by Gasteiger charge is -2.30. The third kappa shape index (κ3) is 5.46. The van der Waals surface area contributed by atoms with E-state index < -0.39 is 12.5 Å². The van der Waals surface area contributed by atoms with Crippen LogP contribution in [0.3, 0.4) is 0 Å². The van der Waals surface area contributed by atoms with Crippen molar-refractivity contribution in [3.8, 4) is 5.75 Å². The van der Waals surface area contributed by atoms with Gasteiger partial charge in [-0.3, -0.25) is 4.79 Å². The van der Waals surface area contributed by atoms with Crippen LogP contribution in [0.25, 0.3) is 0 Å². The second kappa shape index (κ2) is 9.96. The van der Waals surface area contributed by atoms with Crippen molar-refractivity contribution in [2.75, 3.05) is 41.7 Å². The largest absolute Gasteiger partial charge is 0.433 e. The molecule has 0 spiro atoms. The predicted octanol–water partition coefficient (Wildman–Crippen LogP) is 3.44. The molecule has 33 heavy (non-hydrogen) atoms.